The third-order valence-electron chi connectivity index (χ3n) is 4.03. The zero-order chi connectivity index (χ0) is 20.4. The predicted octanol–water partition coefficient (Wildman–Crippen LogP) is 3.85. The number of benzene rings is 2. The zero-order valence-corrected chi connectivity index (χ0v) is 15.6. The second-order valence-corrected chi connectivity index (χ2v) is 6.80. The van der Waals surface area contributed by atoms with Crippen LogP contribution in [0.5, 0.6) is 17.2 Å². The van der Waals surface area contributed by atoms with Crippen LogP contribution in [0.4, 0.5) is 0 Å². The molecule has 0 aromatic heterocycles. The van der Waals surface area contributed by atoms with E-state index in [1.54, 1.807) is 32.1 Å². The van der Waals surface area contributed by atoms with Gasteiger partial charge in [0.15, 0.2) is 11.4 Å². The Bertz CT molecular complexity index is 901. The van der Waals surface area contributed by atoms with Crippen LogP contribution in [-0.2, 0) is 4.79 Å². The average molecular weight is 370 g/mol. The molecule has 0 unspecified atom stereocenters. The largest absolute Gasteiger partial charge is 0.508 e. The summed E-state index contributed by atoms with van der Waals surface area (Å²) in [6.07, 6.45) is 2.88. The van der Waals surface area contributed by atoms with Crippen LogP contribution in [0.2, 0.25) is 0 Å². The summed E-state index contributed by atoms with van der Waals surface area (Å²) < 4.78 is 5.65. The third-order valence-corrected chi connectivity index (χ3v) is 4.03. The molecule has 6 nitrogen and oxygen atoms in total. The Kier molecular flexibility index (Phi) is 5.59. The maximum Gasteiger partial charge on any atom is 0.347 e. The lowest BCUT2D eigenvalue weighted by atomic mass is 10.0. The molecule has 2 aromatic carbocycles. The van der Waals surface area contributed by atoms with E-state index in [0.29, 0.717) is 5.75 Å². The number of carbonyl (C=O) groups excluding carboxylic acids is 1. The molecule has 0 saturated carbocycles. The van der Waals surface area contributed by atoms with Crippen molar-refractivity contribution in [3.8, 4) is 17.2 Å². The summed E-state index contributed by atoms with van der Waals surface area (Å²) in [5.41, 5.74) is 0.824. The van der Waals surface area contributed by atoms with E-state index in [-0.39, 0.29) is 17.1 Å². The molecule has 3 N–H and O–H groups in total. The van der Waals surface area contributed by atoms with Crippen LogP contribution in [0.1, 0.15) is 40.9 Å². The molecule has 6 heteroatoms. The monoisotopic (exact) mass is 370 g/mol. The minimum Gasteiger partial charge on any atom is -0.508 e. The van der Waals surface area contributed by atoms with Gasteiger partial charge < -0.3 is 20.1 Å². The fourth-order valence-corrected chi connectivity index (χ4v) is 2.52. The normalized spacial score (nSPS) is 11.6. The van der Waals surface area contributed by atoms with Crippen LogP contribution in [-0.4, -0.2) is 32.7 Å². The number of phenolic OH excluding ortho intramolecular Hbond substituents is 2. The highest BCUT2D eigenvalue weighted by Crippen LogP contribution is 2.29. The predicted molar refractivity (Wildman–Crippen MR) is 101 cm³/mol. The number of ether oxygens (including phenoxy) is 1. The van der Waals surface area contributed by atoms with Crippen LogP contribution < -0.4 is 4.74 Å². The van der Waals surface area contributed by atoms with Gasteiger partial charge in [0, 0.05) is 0 Å². The van der Waals surface area contributed by atoms with Gasteiger partial charge in [0.2, 0.25) is 0 Å². The summed E-state index contributed by atoms with van der Waals surface area (Å²) in [5, 5.41) is 28.4. The van der Waals surface area contributed by atoms with Crippen LogP contribution in [0.15, 0.2) is 36.4 Å². The van der Waals surface area contributed by atoms with Gasteiger partial charge in [0.1, 0.15) is 17.2 Å². The molecular formula is C21H22O6. The van der Waals surface area contributed by atoms with Gasteiger partial charge in [-0.2, -0.15) is 0 Å². The number of hydrogen-bond donors (Lipinski definition) is 3. The number of aryl methyl sites for hydroxylation is 2. The van der Waals surface area contributed by atoms with Crippen molar-refractivity contribution in [2.24, 2.45) is 0 Å². The minimum atomic E-state index is -1.37. The topological polar surface area (TPSA) is 104 Å². The number of carboxylic acids is 1. The van der Waals surface area contributed by atoms with Gasteiger partial charge in [-0.3, -0.25) is 4.79 Å². The minimum absolute atomic E-state index is 0.00264. The van der Waals surface area contributed by atoms with Crippen molar-refractivity contribution in [3.63, 3.8) is 0 Å². The summed E-state index contributed by atoms with van der Waals surface area (Å²) >= 11 is 0. The van der Waals surface area contributed by atoms with Crippen molar-refractivity contribution < 1.29 is 29.6 Å². The first kappa shape index (κ1) is 20.0. The highest BCUT2D eigenvalue weighted by molar-refractivity contribution is 6.08. The number of aliphatic carboxylic acids is 1. The quantitative estimate of drug-likeness (QED) is 0.405. The molecule has 0 amide bonds. The third kappa shape index (κ3) is 4.67. The van der Waals surface area contributed by atoms with Crippen LogP contribution in [0, 0.1) is 13.8 Å². The smallest absolute Gasteiger partial charge is 0.347 e. The molecule has 0 saturated heterocycles. The highest BCUT2D eigenvalue weighted by atomic mass is 16.5. The van der Waals surface area contributed by atoms with Gasteiger partial charge in [0.05, 0.1) is 5.56 Å². The number of carboxylic acid groups (broad SMARTS) is 1. The van der Waals surface area contributed by atoms with Gasteiger partial charge in [-0.15, -0.1) is 0 Å². The maximum absolute atomic E-state index is 12.2. The van der Waals surface area contributed by atoms with E-state index in [9.17, 15) is 24.9 Å². The Morgan fingerprint density at radius 1 is 1.04 bits per heavy atom. The second kappa shape index (κ2) is 7.53. The van der Waals surface area contributed by atoms with Crippen molar-refractivity contribution in [1.29, 1.82) is 0 Å². The Labute approximate surface area is 157 Å². The van der Waals surface area contributed by atoms with Crippen LogP contribution in [0.25, 0.3) is 6.08 Å². The van der Waals surface area contributed by atoms with Crippen molar-refractivity contribution in [1.82, 2.24) is 0 Å². The second-order valence-electron chi connectivity index (χ2n) is 6.80. The van der Waals surface area contributed by atoms with E-state index in [2.05, 4.69) is 0 Å². The Morgan fingerprint density at radius 3 is 2.19 bits per heavy atom. The van der Waals surface area contributed by atoms with Crippen LogP contribution in [0.3, 0.4) is 0 Å². The number of allylic oxidation sites excluding steroid dienone is 1. The van der Waals surface area contributed by atoms with Gasteiger partial charge in [-0.1, -0.05) is 6.08 Å². The van der Waals surface area contributed by atoms with E-state index in [4.69, 9.17) is 4.74 Å². The molecule has 0 aliphatic rings. The molecule has 0 fully saturated rings. The molecule has 0 atom stereocenters. The van der Waals surface area contributed by atoms with E-state index < -0.39 is 17.4 Å². The van der Waals surface area contributed by atoms with Gasteiger partial charge in [0.25, 0.3) is 0 Å². The number of carbonyl (C=O) groups is 2. The molecule has 0 aliphatic heterocycles. The molecule has 0 bridgehead atoms. The van der Waals surface area contributed by atoms with E-state index in [1.807, 2.05) is 0 Å². The number of phenols is 2. The first-order valence-electron chi connectivity index (χ1n) is 8.29. The first-order valence-corrected chi connectivity index (χ1v) is 8.29. The summed E-state index contributed by atoms with van der Waals surface area (Å²) in [5.74, 6) is -1.36. The lowest BCUT2D eigenvalue weighted by Gasteiger charge is -2.24. The number of rotatable bonds is 6. The number of ketones is 1. The number of hydrogen-bond acceptors (Lipinski definition) is 5. The molecule has 2 rings (SSSR count). The lowest BCUT2D eigenvalue weighted by Crippen LogP contribution is -2.38. The summed E-state index contributed by atoms with van der Waals surface area (Å²) in [4.78, 5) is 23.5. The van der Waals surface area contributed by atoms with E-state index >= 15 is 0 Å². The summed E-state index contributed by atoms with van der Waals surface area (Å²) in [6, 6.07) is 7.28. The van der Waals surface area contributed by atoms with Crippen molar-refractivity contribution in [2.45, 2.75) is 33.3 Å². The fraction of sp³-hybridized carbons (Fsp3) is 0.238. The molecule has 27 heavy (non-hydrogen) atoms. The van der Waals surface area contributed by atoms with Crippen molar-refractivity contribution in [2.75, 3.05) is 0 Å². The molecule has 0 radical (unpaired) electrons. The Balaban J connectivity index is 2.28. The molecule has 0 heterocycles. The van der Waals surface area contributed by atoms with Gasteiger partial charge >= 0.3 is 5.97 Å². The fourth-order valence-electron chi connectivity index (χ4n) is 2.52. The van der Waals surface area contributed by atoms with Gasteiger partial charge in [-0.05, 0) is 80.8 Å². The maximum atomic E-state index is 12.2. The average Bonchev–Trinajstić information content (AvgIpc) is 2.58. The lowest BCUT2D eigenvalue weighted by molar-refractivity contribution is -0.152. The van der Waals surface area contributed by atoms with E-state index in [1.165, 1.54) is 38.1 Å². The Morgan fingerprint density at radius 2 is 1.63 bits per heavy atom. The molecule has 142 valence electrons. The summed E-state index contributed by atoms with van der Waals surface area (Å²) in [6.45, 7) is 6.53. The first-order chi connectivity index (χ1) is 12.5. The molecular weight excluding hydrogens is 348 g/mol. The van der Waals surface area contributed by atoms with Gasteiger partial charge in [-0.25, -0.2) is 4.79 Å². The highest BCUT2D eigenvalue weighted by Gasteiger charge is 2.30. The molecule has 2 aromatic rings. The van der Waals surface area contributed by atoms with E-state index in [0.717, 1.165) is 16.7 Å². The molecule has 0 spiro atoms. The Hall–Kier alpha value is -3.28. The summed E-state index contributed by atoms with van der Waals surface area (Å²) in [7, 11) is 0. The number of aromatic hydroxyl groups is 2. The standard InChI is InChI=1S/C21H22O6/c1-12-9-14(10-13(2)19(12)27-21(3,4)20(25)26)5-7-17(23)16-11-15(22)6-8-18(16)24/h5-11,22,24H,1-4H3,(H,25,26). The zero-order valence-electron chi connectivity index (χ0n) is 15.6. The van der Waals surface area contributed by atoms with Crippen molar-refractivity contribution in [3.05, 3.63) is 58.7 Å². The van der Waals surface area contributed by atoms with Crippen LogP contribution >= 0.6 is 0 Å². The van der Waals surface area contributed by atoms with Crippen molar-refractivity contribution >= 4 is 17.8 Å². The SMILES string of the molecule is Cc1cc(C=CC(=O)c2cc(O)ccc2O)cc(C)c1OC(C)(C)C(=O)O. The molecule has 0 aliphatic carbocycles.